The van der Waals surface area contributed by atoms with Gasteiger partial charge in [-0.15, -0.1) is 0 Å². The number of rotatable bonds is 4. The fraction of sp³-hybridized carbons (Fsp3) is 0.400. The van der Waals surface area contributed by atoms with Crippen LogP contribution < -0.4 is 10.9 Å². The summed E-state index contributed by atoms with van der Waals surface area (Å²) in [6.45, 7) is 2.89. The SMILES string of the molecule is CC1CCC(CNC(=O)c2cccc(=O)[nH]2)(c2ccccc2)CC1. The van der Waals surface area contributed by atoms with E-state index in [1.807, 2.05) is 6.07 Å². The molecule has 1 aliphatic rings. The van der Waals surface area contributed by atoms with E-state index in [2.05, 4.69) is 41.5 Å². The maximum Gasteiger partial charge on any atom is 0.267 e. The summed E-state index contributed by atoms with van der Waals surface area (Å²) in [6, 6.07) is 15.1. The topological polar surface area (TPSA) is 62.0 Å². The van der Waals surface area contributed by atoms with Crippen LogP contribution in [0.1, 0.15) is 48.7 Å². The molecule has 4 heteroatoms. The third-order valence-electron chi connectivity index (χ3n) is 5.22. The van der Waals surface area contributed by atoms with Crippen molar-refractivity contribution in [3.05, 3.63) is 70.1 Å². The van der Waals surface area contributed by atoms with Gasteiger partial charge in [0.15, 0.2) is 0 Å². The number of carbonyl (C=O) groups excluding carboxylic acids is 1. The van der Waals surface area contributed by atoms with Gasteiger partial charge in [0.05, 0.1) is 0 Å². The Hall–Kier alpha value is -2.36. The second-order valence-electron chi connectivity index (χ2n) is 6.94. The number of H-pyrrole nitrogens is 1. The van der Waals surface area contributed by atoms with Gasteiger partial charge in [-0.2, -0.15) is 0 Å². The smallest absolute Gasteiger partial charge is 0.267 e. The molecular formula is C20H24N2O2. The Kier molecular flexibility index (Phi) is 4.84. The summed E-state index contributed by atoms with van der Waals surface area (Å²) in [5.74, 6) is 0.518. The Morgan fingerprint density at radius 3 is 2.50 bits per heavy atom. The number of amides is 1. The first kappa shape index (κ1) is 16.5. The lowest BCUT2D eigenvalue weighted by molar-refractivity contribution is 0.0928. The molecule has 24 heavy (non-hydrogen) atoms. The number of aromatic amines is 1. The lowest BCUT2D eigenvalue weighted by Gasteiger charge is -2.40. The van der Waals surface area contributed by atoms with Gasteiger partial charge in [0.2, 0.25) is 5.56 Å². The molecule has 2 aromatic rings. The van der Waals surface area contributed by atoms with Crippen LogP contribution in [0.15, 0.2) is 53.3 Å². The fourth-order valence-corrected chi connectivity index (χ4v) is 3.60. The molecule has 1 aromatic carbocycles. The predicted octanol–water partition coefficient (Wildman–Crippen LogP) is 3.25. The molecule has 2 N–H and O–H groups in total. The molecule has 0 spiro atoms. The van der Waals surface area contributed by atoms with Crippen LogP contribution in [0, 0.1) is 5.92 Å². The van der Waals surface area contributed by atoms with Gasteiger partial charge in [-0.25, -0.2) is 0 Å². The van der Waals surface area contributed by atoms with Crippen LogP contribution in [0.5, 0.6) is 0 Å². The quantitative estimate of drug-likeness (QED) is 0.907. The minimum absolute atomic E-state index is 0.0154. The third kappa shape index (κ3) is 3.58. The Labute approximate surface area is 142 Å². The lowest BCUT2D eigenvalue weighted by Crippen LogP contribution is -2.43. The van der Waals surface area contributed by atoms with Crippen molar-refractivity contribution in [1.29, 1.82) is 0 Å². The van der Waals surface area contributed by atoms with E-state index < -0.39 is 0 Å². The van der Waals surface area contributed by atoms with Crippen LogP contribution >= 0.6 is 0 Å². The fourth-order valence-electron chi connectivity index (χ4n) is 3.60. The van der Waals surface area contributed by atoms with Gasteiger partial charge < -0.3 is 10.3 Å². The molecule has 1 saturated carbocycles. The third-order valence-corrected chi connectivity index (χ3v) is 5.22. The van der Waals surface area contributed by atoms with Crippen molar-refractivity contribution >= 4 is 5.91 Å². The maximum absolute atomic E-state index is 12.4. The van der Waals surface area contributed by atoms with Crippen molar-refractivity contribution in [1.82, 2.24) is 10.3 Å². The van der Waals surface area contributed by atoms with Crippen molar-refractivity contribution < 1.29 is 4.79 Å². The van der Waals surface area contributed by atoms with E-state index in [0.29, 0.717) is 12.2 Å². The summed E-state index contributed by atoms with van der Waals surface area (Å²) in [7, 11) is 0. The van der Waals surface area contributed by atoms with Crippen LogP contribution in [0.3, 0.4) is 0 Å². The first-order valence-corrected chi connectivity index (χ1v) is 8.62. The summed E-state index contributed by atoms with van der Waals surface area (Å²) in [5, 5.41) is 3.04. The molecule has 0 aliphatic heterocycles. The molecule has 1 aromatic heterocycles. The van der Waals surface area contributed by atoms with Crippen molar-refractivity contribution in [2.24, 2.45) is 5.92 Å². The van der Waals surface area contributed by atoms with E-state index in [0.717, 1.165) is 18.8 Å². The van der Waals surface area contributed by atoms with E-state index in [4.69, 9.17) is 0 Å². The van der Waals surface area contributed by atoms with E-state index in [1.165, 1.54) is 24.5 Å². The first-order chi connectivity index (χ1) is 11.6. The van der Waals surface area contributed by atoms with Gasteiger partial charge in [0.25, 0.3) is 5.91 Å². The maximum atomic E-state index is 12.4. The highest BCUT2D eigenvalue weighted by atomic mass is 16.2. The van der Waals surface area contributed by atoms with Gasteiger partial charge in [-0.1, -0.05) is 43.3 Å². The van der Waals surface area contributed by atoms with Crippen molar-refractivity contribution in [2.45, 2.75) is 38.0 Å². The highest BCUT2D eigenvalue weighted by molar-refractivity contribution is 5.92. The standard InChI is InChI=1S/C20H24N2O2/c1-15-10-12-20(13-11-15,16-6-3-2-4-7-16)14-21-19(24)17-8-5-9-18(23)22-17/h2-9,15H,10-14H2,1H3,(H,21,24)(H,22,23). The van der Waals surface area contributed by atoms with Crippen LogP contribution in [0.2, 0.25) is 0 Å². The molecule has 1 aliphatic carbocycles. The van der Waals surface area contributed by atoms with Crippen LogP contribution in [0.25, 0.3) is 0 Å². The van der Waals surface area contributed by atoms with Gasteiger partial charge in [-0.3, -0.25) is 9.59 Å². The number of hydrogen-bond acceptors (Lipinski definition) is 2. The molecule has 1 fully saturated rings. The summed E-state index contributed by atoms with van der Waals surface area (Å²) < 4.78 is 0. The predicted molar refractivity (Wildman–Crippen MR) is 95.1 cm³/mol. The molecule has 1 heterocycles. The zero-order valence-electron chi connectivity index (χ0n) is 14.0. The average molecular weight is 324 g/mol. The molecule has 0 bridgehead atoms. The Bertz CT molecular complexity index is 743. The van der Waals surface area contributed by atoms with Gasteiger partial charge in [0, 0.05) is 18.0 Å². The number of aromatic nitrogens is 1. The molecule has 4 nitrogen and oxygen atoms in total. The second-order valence-corrected chi connectivity index (χ2v) is 6.94. The Morgan fingerprint density at radius 1 is 1.12 bits per heavy atom. The lowest BCUT2D eigenvalue weighted by atomic mass is 9.67. The molecule has 0 unspecified atom stereocenters. The van der Waals surface area contributed by atoms with Crippen molar-refractivity contribution in [3.8, 4) is 0 Å². The van der Waals surface area contributed by atoms with E-state index in [9.17, 15) is 9.59 Å². The first-order valence-electron chi connectivity index (χ1n) is 8.62. The number of hydrogen-bond donors (Lipinski definition) is 2. The minimum Gasteiger partial charge on any atom is -0.350 e. The average Bonchev–Trinajstić information content (AvgIpc) is 2.62. The molecular weight excluding hydrogens is 300 g/mol. The second kappa shape index (κ2) is 7.04. The summed E-state index contributed by atoms with van der Waals surface area (Å²) in [6.07, 6.45) is 4.49. The van der Waals surface area contributed by atoms with E-state index >= 15 is 0 Å². The Balaban J connectivity index is 1.78. The monoisotopic (exact) mass is 324 g/mol. The van der Waals surface area contributed by atoms with E-state index in [1.54, 1.807) is 12.1 Å². The summed E-state index contributed by atoms with van der Waals surface area (Å²) in [5.41, 5.74) is 1.33. The largest absolute Gasteiger partial charge is 0.350 e. The number of carbonyl (C=O) groups is 1. The molecule has 0 saturated heterocycles. The van der Waals surface area contributed by atoms with Gasteiger partial charge >= 0.3 is 0 Å². The van der Waals surface area contributed by atoms with Gasteiger partial charge in [0.1, 0.15) is 5.69 Å². The molecule has 1 amide bonds. The Morgan fingerprint density at radius 2 is 1.83 bits per heavy atom. The molecule has 0 atom stereocenters. The van der Waals surface area contributed by atoms with Crippen LogP contribution in [-0.2, 0) is 5.41 Å². The summed E-state index contributed by atoms with van der Waals surface area (Å²) in [4.78, 5) is 26.4. The number of benzene rings is 1. The van der Waals surface area contributed by atoms with Crippen molar-refractivity contribution in [2.75, 3.05) is 6.54 Å². The molecule has 126 valence electrons. The highest BCUT2D eigenvalue weighted by Crippen LogP contribution is 2.41. The number of nitrogens with one attached hydrogen (secondary N) is 2. The normalized spacial score (nSPS) is 23.6. The number of pyridine rings is 1. The van der Waals surface area contributed by atoms with Crippen LogP contribution in [-0.4, -0.2) is 17.4 Å². The zero-order chi connectivity index (χ0) is 17.0. The molecule has 3 rings (SSSR count). The highest BCUT2D eigenvalue weighted by Gasteiger charge is 2.36. The zero-order valence-corrected chi connectivity index (χ0v) is 14.0. The minimum atomic E-state index is -0.257. The summed E-state index contributed by atoms with van der Waals surface area (Å²) >= 11 is 0. The van der Waals surface area contributed by atoms with E-state index in [-0.39, 0.29) is 16.9 Å². The molecule has 0 radical (unpaired) electrons. The van der Waals surface area contributed by atoms with Crippen molar-refractivity contribution in [3.63, 3.8) is 0 Å². The van der Waals surface area contributed by atoms with Gasteiger partial charge in [-0.05, 0) is 43.2 Å². The van der Waals surface area contributed by atoms with Crippen LogP contribution in [0.4, 0.5) is 0 Å².